The van der Waals surface area contributed by atoms with Crippen LogP contribution in [0.1, 0.15) is 31.7 Å². The Morgan fingerprint density at radius 2 is 1.94 bits per heavy atom. The number of ether oxygens (including phenoxy) is 1. The van der Waals surface area contributed by atoms with Gasteiger partial charge < -0.3 is 10.1 Å². The molecule has 0 saturated carbocycles. The molecule has 0 amide bonds. The molecule has 0 unspecified atom stereocenters. The van der Waals surface area contributed by atoms with E-state index in [2.05, 4.69) is 12.2 Å². The molecule has 0 heterocycles. The maximum Gasteiger partial charge on any atom is 0.418 e. The Balaban J connectivity index is 2.82. The number of benzene rings is 1. The number of anilines is 1. The predicted octanol–water partition coefficient (Wildman–Crippen LogP) is 4.32. The summed E-state index contributed by atoms with van der Waals surface area (Å²) < 4.78 is 43.4. The fourth-order valence-electron chi connectivity index (χ4n) is 1.64. The smallest absolute Gasteiger partial charge is 0.418 e. The molecule has 0 spiro atoms. The van der Waals surface area contributed by atoms with Crippen molar-refractivity contribution in [2.75, 3.05) is 19.0 Å². The summed E-state index contributed by atoms with van der Waals surface area (Å²) in [6, 6.07) is 3.95. The Morgan fingerprint density at radius 1 is 1.22 bits per heavy atom. The Morgan fingerprint density at radius 3 is 2.50 bits per heavy atom. The van der Waals surface area contributed by atoms with Gasteiger partial charge in [-0.3, -0.25) is 0 Å². The minimum absolute atomic E-state index is 0.111. The molecule has 1 aromatic rings. The van der Waals surface area contributed by atoms with E-state index in [1.807, 2.05) is 0 Å². The molecule has 0 aliphatic carbocycles. The van der Waals surface area contributed by atoms with Gasteiger partial charge in [0.05, 0.1) is 12.7 Å². The number of unbranched alkanes of at least 4 members (excludes halogenated alkanes) is 2. The molecule has 0 fully saturated rings. The van der Waals surface area contributed by atoms with Crippen molar-refractivity contribution in [2.24, 2.45) is 0 Å². The summed E-state index contributed by atoms with van der Waals surface area (Å²) in [7, 11) is 1.35. The lowest BCUT2D eigenvalue weighted by Gasteiger charge is -2.15. The van der Waals surface area contributed by atoms with E-state index >= 15 is 0 Å². The Kier molecular flexibility index (Phi) is 5.31. The van der Waals surface area contributed by atoms with Gasteiger partial charge in [0.25, 0.3) is 0 Å². The first-order valence-electron chi connectivity index (χ1n) is 5.98. The topological polar surface area (TPSA) is 21.3 Å². The number of rotatable bonds is 6. The molecule has 1 rings (SSSR count). The summed E-state index contributed by atoms with van der Waals surface area (Å²) in [6.07, 6.45) is -1.47. The highest BCUT2D eigenvalue weighted by atomic mass is 19.4. The average molecular weight is 261 g/mol. The number of hydrogen-bond acceptors (Lipinski definition) is 2. The minimum atomic E-state index is -4.37. The van der Waals surface area contributed by atoms with Gasteiger partial charge in [-0.15, -0.1) is 0 Å². The quantitative estimate of drug-likeness (QED) is 0.770. The highest BCUT2D eigenvalue weighted by molar-refractivity contribution is 5.55. The van der Waals surface area contributed by atoms with E-state index in [0.717, 1.165) is 25.3 Å². The number of methoxy groups -OCH3 is 1. The van der Waals surface area contributed by atoms with Crippen LogP contribution < -0.4 is 10.1 Å². The van der Waals surface area contributed by atoms with Crippen molar-refractivity contribution in [1.82, 2.24) is 0 Å². The highest BCUT2D eigenvalue weighted by Crippen LogP contribution is 2.37. The first-order chi connectivity index (χ1) is 8.49. The van der Waals surface area contributed by atoms with Crippen LogP contribution in [0.15, 0.2) is 18.2 Å². The molecule has 0 aliphatic heterocycles. The van der Waals surface area contributed by atoms with Gasteiger partial charge in [0, 0.05) is 12.2 Å². The van der Waals surface area contributed by atoms with Crippen molar-refractivity contribution in [1.29, 1.82) is 0 Å². The van der Waals surface area contributed by atoms with Crippen molar-refractivity contribution < 1.29 is 17.9 Å². The second-order valence-electron chi connectivity index (χ2n) is 4.04. The maximum absolute atomic E-state index is 12.8. The van der Waals surface area contributed by atoms with Gasteiger partial charge in [-0.25, -0.2) is 0 Å². The van der Waals surface area contributed by atoms with Gasteiger partial charge in [0.15, 0.2) is 0 Å². The third-order valence-electron chi connectivity index (χ3n) is 2.63. The largest absolute Gasteiger partial charge is 0.497 e. The van der Waals surface area contributed by atoms with Crippen molar-refractivity contribution in [3.05, 3.63) is 23.8 Å². The minimum Gasteiger partial charge on any atom is -0.497 e. The summed E-state index contributed by atoms with van der Waals surface area (Å²) in [4.78, 5) is 0. The van der Waals surface area contributed by atoms with Gasteiger partial charge in [0.2, 0.25) is 0 Å². The van der Waals surface area contributed by atoms with Crippen LogP contribution in [-0.4, -0.2) is 13.7 Å². The zero-order chi connectivity index (χ0) is 13.6. The lowest BCUT2D eigenvalue weighted by Crippen LogP contribution is -2.12. The molecule has 102 valence electrons. The molecule has 0 aliphatic rings. The number of hydrogen-bond donors (Lipinski definition) is 1. The monoisotopic (exact) mass is 261 g/mol. The van der Waals surface area contributed by atoms with E-state index < -0.39 is 11.7 Å². The van der Waals surface area contributed by atoms with E-state index in [0.29, 0.717) is 6.54 Å². The standard InChI is InChI=1S/C13H18F3NO/c1-3-4-5-8-17-12-7-6-10(18-2)9-11(12)13(14,15)16/h6-7,9,17H,3-5,8H2,1-2H3. The molecular formula is C13H18F3NO. The number of nitrogens with one attached hydrogen (secondary N) is 1. The predicted molar refractivity (Wildman–Crippen MR) is 66.0 cm³/mol. The molecule has 0 bridgehead atoms. The zero-order valence-corrected chi connectivity index (χ0v) is 10.6. The fraction of sp³-hybridized carbons (Fsp3) is 0.538. The van der Waals surface area contributed by atoms with E-state index in [1.54, 1.807) is 0 Å². The normalized spacial score (nSPS) is 11.4. The second kappa shape index (κ2) is 6.52. The van der Waals surface area contributed by atoms with E-state index in [4.69, 9.17) is 4.74 Å². The van der Waals surface area contributed by atoms with Crippen LogP contribution >= 0.6 is 0 Å². The molecule has 0 atom stereocenters. The van der Waals surface area contributed by atoms with Crippen molar-refractivity contribution in [2.45, 2.75) is 32.4 Å². The fourth-order valence-corrected chi connectivity index (χ4v) is 1.64. The molecule has 0 aromatic heterocycles. The van der Waals surface area contributed by atoms with Crippen LogP contribution in [-0.2, 0) is 6.18 Å². The van der Waals surface area contributed by atoms with Crippen LogP contribution in [0.3, 0.4) is 0 Å². The lowest BCUT2D eigenvalue weighted by molar-refractivity contribution is -0.137. The van der Waals surface area contributed by atoms with Crippen molar-refractivity contribution in [3.8, 4) is 5.75 Å². The van der Waals surface area contributed by atoms with Crippen LogP contribution in [0.25, 0.3) is 0 Å². The zero-order valence-electron chi connectivity index (χ0n) is 10.6. The molecule has 0 saturated heterocycles. The first kappa shape index (κ1) is 14.7. The molecule has 5 heteroatoms. The summed E-state index contributed by atoms with van der Waals surface area (Å²) in [6.45, 7) is 2.60. The third-order valence-corrected chi connectivity index (χ3v) is 2.63. The molecule has 2 nitrogen and oxygen atoms in total. The molecule has 18 heavy (non-hydrogen) atoms. The molecule has 1 aromatic carbocycles. The van der Waals surface area contributed by atoms with E-state index in [-0.39, 0.29) is 11.4 Å². The molecule has 0 radical (unpaired) electrons. The second-order valence-corrected chi connectivity index (χ2v) is 4.04. The summed E-state index contributed by atoms with van der Waals surface area (Å²) in [5.74, 6) is 0.210. The molecule has 1 N–H and O–H groups in total. The first-order valence-corrected chi connectivity index (χ1v) is 5.98. The van der Waals surface area contributed by atoms with Gasteiger partial charge in [0.1, 0.15) is 5.75 Å². The van der Waals surface area contributed by atoms with Crippen LogP contribution in [0.2, 0.25) is 0 Å². The van der Waals surface area contributed by atoms with E-state index in [9.17, 15) is 13.2 Å². The van der Waals surface area contributed by atoms with Gasteiger partial charge in [-0.05, 0) is 24.6 Å². The average Bonchev–Trinajstić information content (AvgIpc) is 2.33. The Bertz CT molecular complexity index is 377. The summed E-state index contributed by atoms with van der Waals surface area (Å²) >= 11 is 0. The Labute approximate surface area is 105 Å². The van der Waals surface area contributed by atoms with Crippen molar-refractivity contribution >= 4 is 5.69 Å². The van der Waals surface area contributed by atoms with E-state index in [1.165, 1.54) is 19.2 Å². The summed E-state index contributed by atoms with van der Waals surface area (Å²) in [5, 5.41) is 2.83. The third kappa shape index (κ3) is 4.13. The Hall–Kier alpha value is -1.39. The number of alkyl halides is 3. The van der Waals surface area contributed by atoms with Crippen molar-refractivity contribution in [3.63, 3.8) is 0 Å². The maximum atomic E-state index is 12.8. The van der Waals surface area contributed by atoms with Gasteiger partial charge in [-0.1, -0.05) is 19.8 Å². The lowest BCUT2D eigenvalue weighted by atomic mass is 10.1. The number of halogens is 3. The van der Waals surface area contributed by atoms with Crippen LogP contribution in [0.4, 0.5) is 18.9 Å². The summed E-state index contributed by atoms with van der Waals surface area (Å²) in [5.41, 5.74) is -0.572. The van der Waals surface area contributed by atoms with Crippen LogP contribution in [0.5, 0.6) is 5.75 Å². The highest BCUT2D eigenvalue weighted by Gasteiger charge is 2.33. The molecular weight excluding hydrogens is 243 g/mol. The van der Waals surface area contributed by atoms with Crippen LogP contribution in [0, 0.1) is 0 Å². The SMILES string of the molecule is CCCCCNc1ccc(OC)cc1C(F)(F)F. The van der Waals surface area contributed by atoms with Gasteiger partial charge >= 0.3 is 6.18 Å². The van der Waals surface area contributed by atoms with Gasteiger partial charge in [-0.2, -0.15) is 13.2 Å².